The highest BCUT2D eigenvalue weighted by Gasteiger charge is 2.09. The van der Waals surface area contributed by atoms with Crippen molar-refractivity contribution < 1.29 is 0 Å². The zero-order valence-electron chi connectivity index (χ0n) is 6.57. The van der Waals surface area contributed by atoms with E-state index in [2.05, 4.69) is 39.9 Å². The van der Waals surface area contributed by atoms with Crippen molar-refractivity contribution in [1.29, 1.82) is 0 Å². The van der Waals surface area contributed by atoms with Crippen LogP contribution in [0.25, 0.3) is 10.9 Å². The molecular weight excluding hydrogens is 148 g/mol. The number of para-hydroxylation sites is 1. The Morgan fingerprint density at radius 3 is 3.17 bits per heavy atom. The summed E-state index contributed by atoms with van der Waals surface area (Å²) in [5.74, 6) is 1.08. The molecule has 0 bridgehead atoms. The first-order chi connectivity index (χ1) is 5.95. The maximum atomic E-state index is 4.27. The van der Waals surface area contributed by atoms with Gasteiger partial charge in [0.15, 0.2) is 0 Å². The van der Waals surface area contributed by atoms with E-state index in [1.165, 1.54) is 10.9 Å². The summed E-state index contributed by atoms with van der Waals surface area (Å²) in [6, 6.07) is 10.5. The highest BCUT2D eigenvalue weighted by atomic mass is 15.1. The molecule has 58 valence electrons. The van der Waals surface area contributed by atoms with Crippen LogP contribution in [0.2, 0.25) is 0 Å². The molecule has 1 aromatic carbocycles. The smallest absolute Gasteiger partial charge is 0.133 e. The summed E-state index contributed by atoms with van der Waals surface area (Å²) in [6.45, 7) is 0.919. The van der Waals surface area contributed by atoms with Crippen LogP contribution >= 0.6 is 0 Å². The lowest BCUT2D eigenvalue weighted by molar-refractivity contribution is 0.949. The van der Waals surface area contributed by atoms with Gasteiger partial charge < -0.3 is 4.57 Å². The van der Waals surface area contributed by atoms with E-state index in [-0.39, 0.29) is 0 Å². The van der Waals surface area contributed by atoms with Gasteiger partial charge in [-0.3, -0.25) is 0 Å². The molecule has 0 aliphatic carbocycles. The summed E-state index contributed by atoms with van der Waals surface area (Å²) < 4.78 is 2.22. The van der Waals surface area contributed by atoms with Crippen molar-refractivity contribution >= 4 is 22.9 Å². The van der Waals surface area contributed by atoms with E-state index in [4.69, 9.17) is 0 Å². The third-order valence-electron chi connectivity index (χ3n) is 2.28. The summed E-state index contributed by atoms with van der Waals surface area (Å²) in [4.78, 5) is 4.27. The molecule has 2 aromatic rings. The largest absolute Gasteiger partial charge is 0.320 e. The SMILES string of the molecule is C1=Nc2cc3ccccc3n2C1. The van der Waals surface area contributed by atoms with Crippen LogP contribution in [-0.2, 0) is 6.54 Å². The third kappa shape index (κ3) is 0.619. The minimum absolute atomic E-state index is 0.919. The summed E-state index contributed by atoms with van der Waals surface area (Å²) in [5.41, 5.74) is 1.28. The minimum atomic E-state index is 0.919. The van der Waals surface area contributed by atoms with Crippen molar-refractivity contribution in [2.45, 2.75) is 6.54 Å². The van der Waals surface area contributed by atoms with E-state index < -0.39 is 0 Å². The van der Waals surface area contributed by atoms with Crippen molar-refractivity contribution in [2.24, 2.45) is 4.99 Å². The molecule has 0 N–H and O–H groups in total. The topological polar surface area (TPSA) is 17.3 Å². The Kier molecular flexibility index (Phi) is 0.987. The van der Waals surface area contributed by atoms with Gasteiger partial charge in [-0.05, 0) is 12.1 Å². The van der Waals surface area contributed by atoms with E-state index in [0.717, 1.165) is 12.4 Å². The van der Waals surface area contributed by atoms with Crippen LogP contribution in [0.1, 0.15) is 0 Å². The molecule has 2 nitrogen and oxygen atoms in total. The van der Waals surface area contributed by atoms with Crippen LogP contribution in [-0.4, -0.2) is 10.8 Å². The van der Waals surface area contributed by atoms with Gasteiger partial charge in [0.2, 0.25) is 0 Å². The summed E-state index contributed by atoms with van der Waals surface area (Å²) in [6.07, 6.45) is 1.95. The second-order valence-corrected chi connectivity index (χ2v) is 2.98. The Morgan fingerprint density at radius 2 is 2.17 bits per heavy atom. The molecule has 0 atom stereocenters. The number of fused-ring (bicyclic) bond motifs is 3. The molecule has 0 amide bonds. The van der Waals surface area contributed by atoms with Crippen molar-refractivity contribution in [3.8, 4) is 0 Å². The zero-order chi connectivity index (χ0) is 7.97. The average molecular weight is 156 g/mol. The molecule has 0 radical (unpaired) electrons. The number of aliphatic imine (C=N–C) groups is 1. The van der Waals surface area contributed by atoms with Gasteiger partial charge in [-0.1, -0.05) is 18.2 Å². The second kappa shape index (κ2) is 1.97. The first kappa shape index (κ1) is 6.00. The Morgan fingerprint density at radius 1 is 1.25 bits per heavy atom. The lowest BCUT2D eigenvalue weighted by Crippen LogP contribution is -1.90. The normalized spacial score (nSPS) is 14.0. The van der Waals surface area contributed by atoms with Crippen molar-refractivity contribution in [1.82, 2.24) is 4.57 Å². The van der Waals surface area contributed by atoms with Gasteiger partial charge >= 0.3 is 0 Å². The molecule has 0 saturated heterocycles. The predicted molar refractivity (Wildman–Crippen MR) is 50.1 cm³/mol. The minimum Gasteiger partial charge on any atom is -0.320 e. The van der Waals surface area contributed by atoms with Crippen molar-refractivity contribution in [2.75, 3.05) is 0 Å². The number of benzene rings is 1. The molecule has 2 heteroatoms. The van der Waals surface area contributed by atoms with Crippen LogP contribution < -0.4 is 0 Å². The van der Waals surface area contributed by atoms with Gasteiger partial charge in [0.25, 0.3) is 0 Å². The number of hydrogen-bond donors (Lipinski definition) is 0. The van der Waals surface area contributed by atoms with Gasteiger partial charge in [0.05, 0.1) is 12.1 Å². The van der Waals surface area contributed by atoms with Gasteiger partial charge in [-0.2, -0.15) is 0 Å². The summed E-state index contributed by atoms with van der Waals surface area (Å²) in [7, 11) is 0. The molecule has 1 aliphatic heterocycles. The van der Waals surface area contributed by atoms with Crippen molar-refractivity contribution in [3.63, 3.8) is 0 Å². The molecular formula is C10H8N2. The monoisotopic (exact) mass is 156 g/mol. The van der Waals surface area contributed by atoms with E-state index in [1.807, 2.05) is 6.21 Å². The first-order valence-electron chi connectivity index (χ1n) is 4.06. The van der Waals surface area contributed by atoms with Gasteiger partial charge in [0.1, 0.15) is 5.82 Å². The predicted octanol–water partition coefficient (Wildman–Crippen LogP) is 2.36. The number of hydrogen-bond acceptors (Lipinski definition) is 1. The number of aromatic nitrogens is 1. The molecule has 12 heavy (non-hydrogen) atoms. The molecule has 0 saturated carbocycles. The fourth-order valence-electron chi connectivity index (χ4n) is 1.71. The average Bonchev–Trinajstić information content (AvgIpc) is 2.62. The van der Waals surface area contributed by atoms with E-state index in [1.54, 1.807) is 0 Å². The maximum absolute atomic E-state index is 4.27. The second-order valence-electron chi connectivity index (χ2n) is 2.98. The van der Waals surface area contributed by atoms with Gasteiger partial charge in [-0.15, -0.1) is 0 Å². The molecule has 2 heterocycles. The van der Waals surface area contributed by atoms with Crippen LogP contribution in [0, 0.1) is 0 Å². The Bertz CT molecular complexity index is 466. The standard InChI is InChI=1S/C10H8N2/c1-2-4-9-8(3-1)7-10-11-5-6-12(9)10/h1-5,7H,6H2. The molecule has 0 spiro atoms. The quantitative estimate of drug-likeness (QED) is 0.557. The zero-order valence-corrected chi connectivity index (χ0v) is 6.57. The van der Waals surface area contributed by atoms with Gasteiger partial charge in [0, 0.05) is 11.6 Å². The lowest BCUT2D eigenvalue weighted by atomic mass is 10.2. The maximum Gasteiger partial charge on any atom is 0.133 e. The van der Waals surface area contributed by atoms with Crippen molar-refractivity contribution in [3.05, 3.63) is 30.3 Å². The fourth-order valence-corrected chi connectivity index (χ4v) is 1.71. The van der Waals surface area contributed by atoms with Crippen LogP contribution in [0.4, 0.5) is 5.82 Å². The van der Waals surface area contributed by atoms with E-state index >= 15 is 0 Å². The Labute approximate surface area is 70.2 Å². The van der Waals surface area contributed by atoms with Crippen LogP contribution in [0.15, 0.2) is 35.3 Å². The Hall–Kier alpha value is -1.57. The van der Waals surface area contributed by atoms with Gasteiger partial charge in [-0.25, -0.2) is 4.99 Å². The highest BCUT2D eigenvalue weighted by molar-refractivity contribution is 5.87. The number of nitrogens with zero attached hydrogens (tertiary/aromatic N) is 2. The molecule has 0 fully saturated rings. The number of rotatable bonds is 0. The first-order valence-corrected chi connectivity index (χ1v) is 4.06. The third-order valence-corrected chi connectivity index (χ3v) is 2.28. The molecule has 0 unspecified atom stereocenters. The van der Waals surface area contributed by atoms with E-state index in [0.29, 0.717) is 0 Å². The fraction of sp³-hybridized carbons (Fsp3) is 0.100. The summed E-state index contributed by atoms with van der Waals surface area (Å²) >= 11 is 0. The lowest BCUT2D eigenvalue weighted by Gasteiger charge is -1.96. The summed E-state index contributed by atoms with van der Waals surface area (Å²) in [5, 5.41) is 1.28. The highest BCUT2D eigenvalue weighted by Crippen LogP contribution is 2.27. The van der Waals surface area contributed by atoms with Crippen LogP contribution in [0.5, 0.6) is 0 Å². The Balaban J connectivity index is 2.49. The van der Waals surface area contributed by atoms with E-state index in [9.17, 15) is 0 Å². The molecule has 1 aliphatic rings. The molecule has 1 aromatic heterocycles. The van der Waals surface area contributed by atoms with Crippen LogP contribution in [0.3, 0.4) is 0 Å². The molecule has 3 rings (SSSR count).